The van der Waals surface area contributed by atoms with Crippen LogP contribution in [-0.4, -0.2) is 13.1 Å². The van der Waals surface area contributed by atoms with Gasteiger partial charge in [0.05, 0.1) is 5.56 Å². The van der Waals surface area contributed by atoms with Crippen molar-refractivity contribution in [2.45, 2.75) is 19.4 Å². The molecular formula is C12H14N2. The summed E-state index contributed by atoms with van der Waals surface area (Å²) in [6.07, 6.45) is 2.57. The van der Waals surface area contributed by atoms with Gasteiger partial charge in [-0.3, -0.25) is 0 Å². The number of nitrogens with zero attached hydrogens (tertiary/aromatic N) is 2. The van der Waals surface area contributed by atoms with Crippen LogP contribution in [0.2, 0.25) is 0 Å². The summed E-state index contributed by atoms with van der Waals surface area (Å²) in [4.78, 5) is 5.85. The molecule has 0 unspecified atom stereocenters. The lowest BCUT2D eigenvalue weighted by Gasteiger charge is -2.19. The minimum absolute atomic E-state index is 0.507. The first-order valence-corrected chi connectivity index (χ1v) is 5.08. The third-order valence-electron chi connectivity index (χ3n) is 2.69. The van der Waals surface area contributed by atoms with Crippen molar-refractivity contribution in [1.29, 1.82) is 0 Å². The molecule has 72 valence electrons. The molecule has 0 aliphatic carbocycles. The van der Waals surface area contributed by atoms with Crippen LogP contribution in [0.4, 0.5) is 5.69 Å². The van der Waals surface area contributed by atoms with Crippen LogP contribution in [0.3, 0.4) is 0 Å². The van der Waals surface area contributed by atoms with Gasteiger partial charge in [0.15, 0.2) is 0 Å². The Balaban J connectivity index is 2.26. The maximum Gasteiger partial charge on any atom is 0.241 e. The molecule has 0 amide bonds. The molecule has 0 saturated carbocycles. The van der Waals surface area contributed by atoms with E-state index in [0.717, 1.165) is 13.1 Å². The van der Waals surface area contributed by atoms with E-state index in [1.807, 2.05) is 6.07 Å². The lowest BCUT2D eigenvalue weighted by atomic mass is 10.1. The molecule has 2 heteroatoms. The number of rotatable bonds is 2. The molecule has 1 fully saturated rings. The van der Waals surface area contributed by atoms with Crippen LogP contribution in [0.1, 0.15) is 18.4 Å². The molecule has 1 aromatic carbocycles. The molecule has 0 atom stereocenters. The van der Waals surface area contributed by atoms with E-state index in [4.69, 9.17) is 6.57 Å². The van der Waals surface area contributed by atoms with Crippen molar-refractivity contribution in [2.75, 3.05) is 18.0 Å². The summed E-state index contributed by atoms with van der Waals surface area (Å²) in [6, 6.07) is 8.26. The largest absolute Gasteiger partial charge is 0.371 e. The SMILES string of the molecule is [C-]#[N+]Cc1ccccc1N1CCCC1. The lowest BCUT2D eigenvalue weighted by molar-refractivity contribution is 0.949. The van der Waals surface area contributed by atoms with E-state index in [9.17, 15) is 0 Å². The van der Waals surface area contributed by atoms with Crippen LogP contribution < -0.4 is 4.90 Å². The molecule has 0 spiro atoms. The highest BCUT2D eigenvalue weighted by Crippen LogP contribution is 2.24. The highest BCUT2D eigenvalue weighted by molar-refractivity contribution is 5.54. The zero-order chi connectivity index (χ0) is 9.80. The van der Waals surface area contributed by atoms with Gasteiger partial charge in [-0.2, -0.15) is 0 Å². The molecule has 1 aliphatic rings. The Bertz CT molecular complexity index is 346. The van der Waals surface area contributed by atoms with Crippen molar-refractivity contribution in [3.63, 3.8) is 0 Å². The van der Waals surface area contributed by atoms with Crippen molar-refractivity contribution in [1.82, 2.24) is 0 Å². The van der Waals surface area contributed by atoms with Gasteiger partial charge < -0.3 is 9.74 Å². The van der Waals surface area contributed by atoms with Crippen molar-refractivity contribution < 1.29 is 0 Å². The first kappa shape index (κ1) is 9.08. The summed E-state index contributed by atoms with van der Waals surface area (Å²) in [5, 5.41) is 0. The quantitative estimate of drug-likeness (QED) is 0.644. The smallest absolute Gasteiger partial charge is 0.241 e. The summed E-state index contributed by atoms with van der Waals surface area (Å²) in [5.74, 6) is 0. The van der Waals surface area contributed by atoms with E-state index >= 15 is 0 Å². The second-order valence-corrected chi connectivity index (χ2v) is 3.64. The summed E-state index contributed by atoms with van der Waals surface area (Å²) in [6.45, 7) is 9.72. The first-order chi connectivity index (χ1) is 6.92. The Hall–Kier alpha value is -1.49. The van der Waals surface area contributed by atoms with E-state index in [2.05, 4.69) is 27.9 Å². The summed E-state index contributed by atoms with van der Waals surface area (Å²) >= 11 is 0. The fourth-order valence-electron chi connectivity index (χ4n) is 2.00. The first-order valence-electron chi connectivity index (χ1n) is 5.08. The lowest BCUT2D eigenvalue weighted by Crippen LogP contribution is -2.18. The fourth-order valence-corrected chi connectivity index (χ4v) is 2.00. The van der Waals surface area contributed by atoms with E-state index in [0.29, 0.717) is 6.54 Å². The van der Waals surface area contributed by atoms with Gasteiger partial charge in [0.25, 0.3) is 0 Å². The monoisotopic (exact) mass is 186 g/mol. The Labute approximate surface area is 85.0 Å². The number of hydrogen-bond acceptors (Lipinski definition) is 1. The van der Waals surface area contributed by atoms with Crippen molar-refractivity contribution in [2.24, 2.45) is 0 Å². The molecule has 0 radical (unpaired) electrons. The van der Waals surface area contributed by atoms with Gasteiger partial charge >= 0.3 is 0 Å². The zero-order valence-corrected chi connectivity index (χ0v) is 8.24. The van der Waals surface area contributed by atoms with Crippen LogP contribution >= 0.6 is 0 Å². The second kappa shape index (κ2) is 4.15. The van der Waals surface area contributed by atoms with Crippen molar-refractivity contribution in [3.05, 3.63) is 41.2 Å². The summed E-state index contributed by atoms with van der Waals surface area (Å²) in [5.41, 5.74) is 2.44. The van der Waals surface area contributed by atoms with E-state index < -0.39 is 0 Å². The van der Waals surface area contributed by atoms with E-state index in [-0.39, 0.29) is 0 Å². The van der Waals surface area contributed by atoms with E-state index in [1.54, 1.807) is 0 Å². The predicted molar refractivity (Wildman–Crippen MR) is 58.2 cm³/mol. The number of benzene rings is 1. The normalized spacial score (nSPS) is 15.5. The van der Waals surface area contributed by atoms with Crippen LogP contribution in [0.25, 0.3) is 4.85 Å². The molecule has 2 nitrogen and oxygen atoms in total. The Morgan fingerprint density at radius 2 is 1.93 bits per heavy atom. The number of para-hydroxylation sites is 1. The van der Waals surface area contributed by atoms with Crippen LogP contribution in [-0.2, 0) is 6.54 Å². The highest BCUT2D eigenvalue weighted by atomic mass is 15.1. The molecule has 1 aromatic rings. The summed E-state index contributed by atoms with van der Waals surface area (Å²) in [7, 11) is 0. The molecule has 1 saturated heterocycles. The Kier molecular flexibility index (Phi) is 2.69. The predicted octanol–water partition coefficient (Wildman–Crippen LogP) is 2.71. The maximum atomic E-state index is 6.91. The zero-order valence-electron chi connectivity index (χ0n) is 8.24. The standard InChI is InChI=1S/C12H14N2/c1-13-10-11-6-2-3-7-12(11)14-8-4-5-9-14/h2-3,6-7H,4-5,8-10H2. The third-order valence-corrected chi connectivity index (χ3v) is 2.69. The van der Waals surface area contributed by atoms with Gasteiger partial charge in [0.1, 0.15) is 0 Å². The Morgan fingerprint density at radius 3 is 2.64 bits per heavy atom. The molecule has 0 aromatic heterocycles. The minimum Gasteiger partial charge on any atom is -0.371 e. The van der Waals surface area contributed by atoms with Gasteiger partial charge in [0, 0.05) is 18.8 Å². The molecular weight excluding hydrogens is 172 g/mol. The average molecular weight is 186 g/mol. The van der Waals surface area contributed by atoms with Crippen LogP contribution in [0.5, 0.6) is 0 Å². The second-order valence-electron chi connectivity index (χ2n) is 3.64. The van der Waals surface area contributed by atoms with Gasteiger partial charge in [-0.25, -0.2) is 6.57 Å². The van der Waals surface area contributed by atoms with Crippen LogP contribution in [0.15, 0.2) is 24.3 Å². The van der Waals surface area contributed by atoms with Crippen LogP contribution in [0, 0.1) is 6.57 Å². The van der Waals surface area contributed by atoms with Gasteiger partial charge in [-0.05, 0) is 25.0 Å². The summed E-state index contributed by atoms with van der Waals surface area (Å²) < 4.78 is 0. The number of anilines is 1. The van der Waals surface area contributed by atoms with Crippen molar-refractivity contribution in [3.8, 4) is 0 Å². The molecule has 2 rings (SSSR count). The maximum absolute atomic E-state index is 6.91. The molecule has 0 N–H and O–H groups in total. The Morgan fingerprint density at radius 1 is 1.21 bits per heavy atom. The molecule has 0 bridgehead atoms. The molecule has 1 aliphatic heterocycles. The fraction of sp³-hybridized carbons (Fsp3) is 0.417. The van der Waals surface area contributed by atoms with Gasteiger partial charge in [0.2, 0.25) is 6.54 Å². The minimum atomic E-state index is 0.507. The molecule has 14 heavy (non-hydrogen) atoms. The third kappa shape index (κ3) is 1.72. The average Bonchev–Trinajstić information content (AvgIpc) is 2.72. The van der Waals surface area contributed by atoms with Crippen molar-refractivity contribution >= 4 is 5.69 Å². The van der Waals surface area contributed by atoms with E-state index in [1.165, 1.54) is 24.1 Å². The van der Waals surface area contributed by atoms with Gasteiger partial charge in [-0.1, -0.05) is 12.1 Å². The van der Waals surface area contributed by atoms with Gasteiger partial charge in [-0.15, -0.1) is 0 Å². The molecule has 1 heterocycles. The highest BCUT2D eigenvalue weighted by Gasteiger charge is 2.15. The number of hydrogen-bond donors (Lipinski definition) is 0. The topological polar surface area (TPSA) is 7.60 Å².